The van der Waals surface area contributed by atoms with E-state index in [-0.39, 0.29) is 11.5 Å². The quantitative estimate of drug-likeness (QED) is 0.589. The van der Waals surface area contributed by atoms with Crippen molar-refractivity contribution in [3.05, 3.63) is 82.9 Å². The zero-order chi connectivity index (χ0) is 21.8. The Morgan fingerprint density at radius 2 is 1.74 bits per heavy atom. The summed E-state index contributed by atoms with van der Waals surface area (Å²) in [6.45, 7) is 1.64. The van der Waals surface area contributed by atoms with Crippen LogP contribution in [0.5, 0.6) is 0 Å². The zero-order valence-corrected chi connectivity index (χ0v) is 17.3. The number of hydrogen-bond donors (Lipinski definition) is 2. The van der Waals surface area contributed by atoms with Gasteiger partial charge in [0.1, 0.15) is 5.82 Å². The van der Waals surface area contributed by atoms with Crippen LogP contribution in [0.1, 0.15) is 33.6 Å². The van der Waals surface area contributed by atoms with E-state index in [1.165, 1.54) is 12.3 Å². The predicted molar refractivity (Wildman–Crippen MR) is 119 cm³/mol. The summed E-state index contributed by atoms with van der Waals surface area (Å²) in [5.74, 6) is -1.26. The first-order chi connectivity index (χ1) is 15.0. The third kappa shape index (κ3) is 4.83. The fraction of sp³-hybridized carbons (Fsp3) is 0.174. The molecule has 2 N–H and O–H groups in total. The highest BCUT2D eigenvalue weighted by atomic mass is 35.5. The molecule has 4 rings (SSSR count). The number of carbonyl (C=O) groups excluding carboxylic acids is 2. The number of nitrogens with one attached hydrogen (secondary N) is 2. The molecular formula is C23H20ClFN4O2. The van der Waals surface area contributed by atoms with Crippen molar-refractivity contribution in [2.45, 2.75) is 12.8 Å². The molecule has 0 unspecified atom stereocenters. The smallest absolute Gasteiger partial charge is 0.257 e. The Labute approximate surface area is 184 Å². The normalized spacial score (nSPS) is 13.2. The molecule has 0 saturated carbocycles. The van der Waals surface area contributed by atoms with Crippen LogP contribution in [0.2, 0.25) is 5.02 Å². The highest BCUT2D eigenvalue weighted by molar-refractivity contribution is 6.34. The summed E-state index contributed by atoms with van der Waals surface area (Å²) in [7, 11) is 0. The van der Waals surface area contributed by atoms with E-state index in [9.17, 15) is 14.0 Å². The van der Waals surface area contributed by atoms with E-state index >= 15 is 0 Å². The number of benzene rings is 2. The van der Waals surface area contributed by atoms with Crippen molar-refractivity contribution < 1.29 is 14.0 Å². The van der Waals surface area contributed by atoms with Gasteiger partial charge in [-0.05, 0) is 61.4 Å². The van der Waals surface area contributed by atoms with Gasteiger partial charge >= 0.3 is 0 Å². The Bertz CT molecular complexity index is 1120. The van der Waals surface area contributed by atoms with Crippen LogP contribution in [0.3, 0.4) is 0 Å². The Hall–Kier alpha value is -3.45. The molecule has 1 fully saturated rings. The molecule has 0 spiro atoms. The second-order valence-electron chi connectivity index (χ2n) is 7.20. The van der Waals surface area contributed by atoms with Gasteiger partial charge in [0.15, 0.2) is 0 Å². The van der Waals surface area contributed by atoms with E-state index in [0.29, 0.717) is 27.6 Å². The third-order valence-corrected chi connectivity index (χ3v) is 5.38. The largest absolute Gasteiger partial charge is 0.369 e. The number of halogens is 2. The summed E-state index contributed by atoms with van der Waals surface area (Å²) in [5, 5.41) is 5.73. The van der Waals surface area contributed by atoms with Crippen molar-refractivity contribution in [2.24, 2.45) is 0 Å². The van der Waals surface area contributed by atoms with E-state index in [4.69, 9.17) is 11.6 Å². The zero-order valence-electron chi connectivity index (χ0n) is 16.6. The molecular weight excluding hydrogens is 419 g/mol. The number of rotatable bonds is 5. The number of aromatic nitrogens is 1. The van der Waals surface area contributed by atoms with Crippen molar-refractivity contribution in [2.75, 3.05) is 28.6 Å². The van der Waals surface area contributed by atoms with Gasteiger partial charge in [0, 0.05) is 36.7 Å². The molecule has 31 heavy (non-hydrogen) atoms. The van der Waals surface area contributed by atoms with E-state index in [0.717, 1.165) is 25.9 Å². The number of nitrogens with zero attached hydrogens (tertiary/aromatic N) is 2. The molecule has 1 aromatic heterocycles. The first-order valence-electron chi connectivity index (χ1n) is 9.88. The van der Waals surface area contributed by atoms with Gasteiger partial charge in [-0.2, -0.15) is 0 Å². The average Bonchev–Trinajstić information content (AvgIpc) is 3.31. The van der Waals surface area contributed by atoms with Crippen LogP contribution < -0.4 is 15.5 Å². The summed E-state index contributed by atoms with van der Waals surface area (Å²) >= 11 is 6.18. The first-order valence-corrected chi connectivity index (χ1v) is 10.3. The van der Waals surface area contributed by atoms with Crippen molar-refractivity contribution >= 4 is 40.5 Å². The molecule has 0 bridgehead atoms. The van der Waals surface area contributed by atoms with Crippen molar-refractivity contribution in [1.29, 1.82) is 0 Å². The maximum atomic E-state index is 14.5. The summed E-state index contributed by atoms with van der Waals surface area (Å²) in [4.78, 5) is 30.9. The van der Waals surface area contributed by atoms with E-state index < -0.39 is 11.7 Å². The number of amides is 2. The minimum Gasteiger partial charge on any atom is -0.369 e. The van der Waals surface area contributed by atoms with Crippen LogP contribution in [0.4, 0.5) is 21.5 Å². The maximum absolute atomic E-state index is 14.5. The summed E-state index contributed by atoms with van der Waals surface area (Å²) in [6.07, 6.45) is 5.09. The second kappa shape index (κ2) is 9.14. The molecule has 2 heterocycles. The SMILES string of the molecule is O=C(Nc1ccc(Cl)c(NC(=O)c2cccnc2)c1)c1ccc(N2CCCC2)c(F)c1. The molecule has 0 atom stereocenters. The molecule has 158 valence electrons. The Morgan fingerprint density at radius 1 is 0.968 bits per heavy atom. The molecule has 0 radical (unpaired) electrons. The monoisotopic (exact) mass is 438 g/mol. The van der Waals surface area contributed by atoms with E-state index in [1.54, 1.807) is 48.7 Å². The van der Waals surface area contributed by atoms with Crippen LogP contribution in [0.25, 0.3) is 0 Å². The van der Waals surface area contributed by atoms with Crippen LogP contribution >= 0.6 is 11.6 Å². The standard InChI is InChI=1S/C23H20ClFN4O2/c24-18-7-6-17(13-20(18)28-23(31)16-4-3-9-26-14-16)27-22(30)15-5-8-21(19(25)12-15)29-10-1-2-11-29/h3-9,12-14H,1-2,10-11H2,(H,27,30)(H,28,31). The molecule has 1 saturated heterocycles. The highest BCUT2D eigenvalue weighted by Gasteiger charge is 2.18. The molecule has 2 amide bonds. The third-order valence-electron chi connectivity index (χ3n) is 5.05. The Balaban J connectivity index is 1.48. The lowest BCUT2D eigenvalue weighted by atomic mass is 10.1. The van der Waals surface area contributed by atoms with E-state index in [2.05, 4.69) is 15.6 Å². The minimum atomic E-state index is -0.460. The minimum absolute atomic E-state index is 0.205. The van der Waals surface area contributed by atoms with Gasteiger partial charge in [-0.25, -0.2) is 4.39 Å². The summed E-state index contributed by atoms with van der Waals surface area (Å²) in [6, 6.07) is 12.5. The molecule has 2 aromatic carbocycles. The van der Waals surface area contributed by atoms with Gasteiger partial charge in [0.2, 0.25) is 0 Å². The van der Waals surface area contributed by atoms with Gasteiger partial charge < -0.3 is 15.5 Å². The maximum Gasteiger partial charge on any atom is 0.257 e. The van der Waals surface area contributed by atoms with E-state index in [1.807, 2.05) is 4.90 Å². The molecule has 3 aromatic rings. The molecule has 1 aliphatic rings. The van der Waals surface area contributed by atoms with Gasteiger partial charge in [0.05, 0.1) is 22.0 Å². The first kappa shape index (κ1) is 20.8. The second-order valence-corrected chi connectivity index (χ2v) is 7.61. The molecule has 8 heteroatoms. The van der Waals surface area contributed by atoms with Crippen molar-refractivity contribution in [1.82, 2.24) is 4.98 Å². The van der Waals surface area contributed by atoms with Crippen molar-refractivity contribution in [3.63, 3.8) is 0 Å². The molecule has 6 nitrogen and oxygen atoms in total. The molecule has 0 aliphatic carbocycles. The van der Waals surface area contributed by atoms with Crippen LogP contribution in [0, 0.1) is 5.82 Å². The van der Waals surface area contributed by atoms with Gasteiger partial charge in [-0.1, -0.05) is 11.6 Å². The lowest BCUT2D eigenvalue weighted by Crippen LogP contribution is -2.20. The number of carbonyl (C=O) groups is 2. The fourth-order valence-corrected chi connectivity index (χ4v) is 3.62. The topological polar surface area (TPSA) is 74.3 Å². The highest BCUT2D eigenvalue weighted by Crippen LogP contribution is 2.28. The van der Waals surface area contributed by atoms with Crippen LogP contribution in [-0.4, -0.2) is 29.9 Å². The van der Waals surface area contributed by atoms with Gasteiger partial charge in [-0.3, -0.25) is 14.6 Å². The Kier molecular flexibility index (Phi) is 6.13. The lowest BCUT2D eigenvalue weighted by molar-refractivity contribution is 0.101. The van der Waals surface area contributed by atoms with Crippen LogP contribution in [0.15, 0.2) is 60.9 Å². The number of anilines is 3. The average molecular weight is 439 g/mol. The van der Waals surface area contributed by atoms with Crippen molar-refractivity contribution in [3.8, 4) is 0 Å². The summed E-state index contributed by atoms with van der Waals surface area (Å²) in [5.41, 5.74) is 1.85. The number of pyridine rings is 1. The predicted octanol–water partition coefficient (Wildman–Crippen LogP) is 4.98. The van der Waals surface area contributed by atoms with Gasteiger partial charge in [-0.15, -0.1) is 0 Å². The van der Waals surface area contributed by atoms with Gasteiger partial charge in [0.25, 0.3) is 11.8 Å². The lowest BCUT2D eigenvalue weighted by Gasteiger charge is -2.18. The summed E-state index contributed by atoms with van der Waals surface area (Å²) < 4.78 is 14.5. The fourth-order valence-electron chi connectivity index (χ4n) is 3.46. The van der Waals surface area contributed by atoms with Crippen LogP contribution in [-0.2, 0) is 0 Å². The molecule has 1 aliphatic heterocycles. The number of hydrogen-bond acceptors (Lipinski definition) is 4. The Morgan fingerprint density at radius 3 is 2.45 bits per heavy atom.